The summed E-state index contributed by atoms with van der Waals surface area (Å²) in [5, 5.41) is 11.9. The number of ether oxygens (including phenoxy) is 1. The molecule has 0 bridgehead atoms. The molecule has 1 aromatic heterocycles. The molecule has 0 radical (unpaired) electrons. The van der Waals surface area contributed by atoms with Crippen molar-refractivity contribution in [3.8, 4) is 5.75 Å². The molecule has 0 aliphatic carbocycles. The van der Waals surface area contributed by atoms with Crippen molar-refractivity contribution < 1.29 is 19.4 Å². The SMILES string of the molecule is COc1ccc2nc(N3C(=O)C(=O)/C(=C(/O)c4ccccc4)[C@H]3c3cccc(Cl)c3)sc2c1. The highest BCUT2D eigenvalue weighted by Gasteiger charge is 2.48. The minimum atomic E-state index is -0.883. The van der Waals surface area contributed by atoms with Crippen molar-refractivity contribution in [2.45, 2.75) is 6.04 Å². The van der Waals surface area contributed by atoms with Gasteiger partial charge in [-0.05, 0) is 35.9 Å². The van der Waals surface area contributed by atoms with Gasteiger partial charge in [0.1, 0.15) is 11.5 Å². The van der Waals surface area contributed by atoms with Crippen LogP contribution in [0.4, 0.5) is 5.13 Å². The first-order valence-corrected chi connectivity index (χ1v) is 11.2. The fourth-order valence-corrected chi connectivity index (χ4v) is 5.12. The molecule has 1 N–H and O–H groups in total. The van der Waals surface area contributed by atoms with Crippen molar-refractivity contribution in [1.82, 2.24) is 4.98 Å². The number of amides is 1. The average Bonchev–Trinajstić information content (AvgIpc) is 3.37. The van der Waals surface area contributed by atoms with Crippen LogP contribution in [0.3, 0.4) is 0 Å². The van der Waals surface area contributed by atoms with Crippen LogP contribution in [0.2, 0.25) is 5.02 Å². The first kappa shape index (κ1) is 21.2. The van der Waals surface area contributed by atoms with Crippen LogP contribution in [0.25, 0.3) is 16.0 Å². The minimum Gasteiger partial charge on any atom is -0.507 e. The number of carbonyl (C=O) groups excluding carboxylic acids is 2. The molecule has 8 heteroatoms. The Bertz CT molecular complexity index is 1430. The van der Waals surface area contributed by atoms with E-state index in [1.807, 2.05) is 6.07 Å². The number of hydrogen-bond acceptors (Lipinski definition) is 6. The lowest BCUT2D eigenvalue weighted by atomic mass is 9.95. The third-order valence-electron chi connectivity index (χ3n) is 5.45. The normalized spacial score (nSPS) is 17.6. The molecular weight excluding hydrogens is 460 g/mol. The molecule has 33 heavy (non-hydrogen) atoms. The van der Waals surface area contributed by atoms with E-state index in [9.17, 15) is 14.7 Å². The zero-order chi connectivity index (χ0) is 23.1. The number of Topliss-reactive ketones (excluding diaryl/α,β-unsaturated/α-hetero) is 1. The van der Waals surface area contributed by atoms with Crippen molar-refractivity contribution in [3.63, 3.8) is 0 Å². The van der Waals surface area contributed by atoms with Gasteiger partial charge in [-0.2, -0.15) is 0 Å². The van der Waals surface area contributed by atoms with Crippen molar-refractivity contribution >= 4 is 55.7 Å². The fourth-order valence-electron chi connectivity index (χ4n) is 3.90. The van der Waals surface area contributed by atoms with Gasteiger partial charge in [0.2, 0.25) is 0 Å². The average molecular weight is 477 g/mol. The summed E-state index contributed by atoms with van der Waals surface area (Å²) in [6.45, 7) is 0. The molecule has 6 nitrogen and oxygen atoms in total. The van der Waals surface area contributed by atoms with Gasteiger partial charge in [0.15, 0.2) is 5.13 Å². The summed E-state index contributed by atoms with van der Waals surface area (Å²) in [5.41, 5.74) is 1.70. The Morgan fingerprint density at radius 2 is 1.85 bits per heavy atom. The zero-order valence-corrected chi connectivity index (χ0v) is 18.9. The van der Waals surface area contributed by atoms with Crippen molar-refractivity contribution in [2.24, 2.45) is 0 Å². The second kappa shape index (κ2) is 8.35. The Kier molecular flexibility index (Phi) is 5.36. The smallest absolute Gasteiger partial charge is 0.301 e. The largest absolute Gasteiger partial charge is 0.507 e. The number of aromatic nitrogens is 1. The van der Waals surface area contributed by atoms with Gasteiger partial charge in [-0.15, -0.1) is 0 Å². The first-order chi connectivity index (χ1) is 16.0. The Hall–Kier alpha value is -3.68. The molecule has 2 heterocycles. The van der Waals surface area contributed by atoms with Gasteiger partial charge in [0, 0.05) is 10.6 Å². The summed E-state index contributed by atoms with van der Waals surface area (Å²) in [6, 6.07) is 20.1. The number of methoxy groups -OCH3 is 1. The number of thiazole rings is 1. The minimum absolute atomic E-state index is 0.00898. The third kappa shape index (κ3) is 3.65. The second-order valence-corrected chi connectivity index (χ2v) is 8.87. The number of benzene rings is 3. The molecule has 4 aromatic rings. The molecule has 1 aliphatic rings. The molecule has 3 aromatic carbocycles. The van der Waals surface area contributed by atoms with Crippen LogP contribution in [0.15, 0.2) is 78.4 Å². The molecule has 1 saturated heterocycles. The van der Waals surface area contributed by atoms with Gasteiger partial charge in [-0.3, -0.25) is 14.5 Å². The number of halogens is 1. The number of hydrogen-bond donors (Lipinski definition) is 1. The zero-order valence-electron chi connectivity index (χ0n) is 17.4. The number of fused-ring (bicyclic) bond motifs is 1. The fraction of sp³-hybridized carbons (Fsp3) is 0.0800. The van der Waals surface area contributed by atoms with E-state index in [4.69, 9.17) is 16.3 Å². The number of aliphatic hydroxyl groups excluding tert-OH is 1. The Balaban J connectivity index is 1.73. The number of aliphatic hydroxyl groups is 1. The molecular formula is C25H17ClN2O4S. The van der Waals surface area contributed by atoms with E-state index in [1.54, 1.807) is 73.8 Å². The number of rotatable bonds is 4. The molecule has 1 aliphatic heterocycles. The quantitative estimate of drug-likeness (QED) is 0.236. The van der Waals surface area contributed by atoms with Gasteiger partial charge in [-0.1, -0.05) is 65.4 Å². The summed E-state index contributed by atoms with van der Waals surface area (Å²) >= 11 is 7.50. The second-order valence-electron chi connectivity index (χ2n) is 7.42. The van der Waals surface area contributed by atoms with E-state index in [2.05, 4.69) is 4.98 Å². The molecule has 5 rings (SSSR count). The summed E-state index contributed by atoms with van der Waals surface area (Å²) < 4.78 is 6.09. The van der Waals surface area contributed by atoms with E-state index >= 15 is 0 Å². The van der Waals surface area contributed by atoms with Crippen LogP contribution < -0.4 is 9.64 Å². The predicted octanol–water partition coefficient (Wildman–Crippen LogP) is 5.58. The summed E-state index contributed by atoms with van der Waals surface area (Å²) in [4.78, 5) is 32.4. The van der Waals surface area contributed by atoms with Gasteiger partial charge in [0.05, 0.1) is 28.9 Å². The van der Waals surface area contributed by atoms with Crippen molar-refractivity contribution in [2.75, 3.05) is 12.0 Å². The predicted molar refractivity (Wildman–Crippen MR) is 129 cm³/mol. The van der Waals surface area contributed by atoms with E-state index < -0.39 is 17.7 Å². The Morgan fingerprint density at radius 1 is 1.06 bits per heavy atom. The van der Waals surface area contributed by atoms with Gasteiger partial charge in [0.25, 0.3) is 5.78 Å². The summed E-state index contributed by atoms with van der Waals surface area (Å²) in [5.74, 6) is -1.12. The van der Waals surface area contributed by atoms with Crippen LogP contribution >= 0.6 is 22.9 Å². The lowest BCUT2D eigenvalue weighted by molar-refractivity contribution is -0.132. The maximum atomic E-state index is 13.3. The number of nitrogens with zero attached hydrogens (tertiary/aromatic N) is 2. The summed E-state index contributed by atoms with van der Waals surface area (Å²) in [6.07, 6.45) is 0. The van der Waals surface area contributed by atoms with E-state index in [0.29, 0.717) is 32.5 Å². The standard InChI is InChI=1S/C25H17ClN2O4S/c1-32-17-10-11-18-19(13-17)33-25(27-18)28-21(15-8-5-9-16(26)12-15)20(23(30)24(28)31)22(29)14-6-3-2-4-7-14/h2-13,21,29H,1H3/b22-20+/t21-/m1/s1. The third-order valence-corrected chi connectivity index (χ3v) is 6.70. The highest BCUT2D eigenvalue weighted by molar-refractivity contribution is 7.22. The van der Waals surface area contributed by atoms with Crippen LogP contribution in [0.1, 0.15) is 17.2 Å². The number of anilines is 1. The molecule has 1 amide bonds. The number of carbonyl (C=O) groups is 2. The van der Waals surface area contributed by atoms with Crippen LogP contribution in [-0.4, -0.2) is 28.9 Å². The maximum absolute atomic E-state index is 13.3. The van der Waals surface area contributed by atoms with Gasteiger partial charge in [-0.25, -0.2) is 4.98 Å². The maximum Gasteiger partial charge on any atom is 0.301 e. The molecule has 1 atom stereocenters. The molecule has 1 fully saturated rings. The molecule has 0 saturated carbocycles. The lowest BCUT2D eigenvalue weighted by Crippen LogP contribution is -2.29. The topological polar surface area (TPSA) is 79.7 Å². The van der Waals surface area contributed by atoms with Gasteiger partial charge >= 0.3 is 5.91 Å². The highest BCUT2D eigenvalue weighted by atomic mass is 35.5. The van der Waals surface area contributed by atoms with Gasteiger partial charge < -0.3 is 9.84 Å². The van der Waals surface area contributed by atoms with Crippen molar-refractivity contribution in [3.05, 3.63) is 94.5 Å². The Labute approximate surface area is 198 Å². The van der Waals surface area contributed by atoms with Crippen LogP contribution in [-0.2, 0) is 9.59 Å². The monoisotopic (exact) mass is 476 g/mol. The van der Waals surface area contributed by atoms with E-state index in [1.165, 1.54) is 16.2 Å². The van der Waals surface area contributed by atoms with Crippen LogP contribution in [0.5, 0.6) is 5.75 Å². The molecule has 0 spiro atoms. The Morgan fingerprint density at radius 3 is 2.58 bits per heavy atom. The molecule has 0 unspecified atom stereocenters. The van der Waals surface area contributed by atoms with Crippen molar-refractivity contribution in [1.29, 1.82) is 0 Å². The van der Waals surface area contributed by atoms with Crippen LogP contribution in [0, 0.1) is 0 Å². The van der Waals surface area contributed by atoms with E-state index in [0.717, 1.165) is 4.70 Å². The summed E-state index contributed by atoms with van der Waals surface area (Å²) in [7, 11) is 1.57. The lowest BCUT2D eigenvalue weighted by Gasteiger charge is -2.23. The highest BCUT2D eigenvalue weighted by Crippen LogP contribution is 2.44. The number of ketones is 1. The molecule has 164 valence electrons. The van der Waals surface area contributed by atoms with E-state index in [-0.39, 0.29) is 11.3 Å². The first-order valence-electron chi connectivity index (χ1n) is 10.0.